The summed E-state index contributed by atoms with van der Waals surface area (Å²) in [5.74, 6) is 1.01. The molecule has 0 bridgehead atoms. The van der Waals surface area contributed by atoms with Crippen molar-refractivity contribution in [3.63, 3.8) is 0 Å². The van der Waals surface area contributed by atoms with Gasteiger partial charge in [-0.3, -0.25) is 4.57 Å². The fourth-order valence-corrected chi connectivity index (χ4v) is 2.99. The van der Waals surface area contributed by atoms with Crippen molar-refractivity contribution in [3.05, 3.63) is 40.3 Å². The summed E-state index contributed by atoms with van der Waals surface area (Å²) in [6.45, 7) is 4.58. The van der Waals surface area contributed by atoms with Crippen LogP contribution in [0.5, 0.6) is 11.8 Å². The third-order valence-corrected chi connectivity index (χ3v) is 4.64. The van der Waals surface area contributed by atoms with Gasteiger partial charge in [-0.2, -0.15) is 9.97 Å². The van der Waals surface area contributed by atoms with Crippen molar-refractivity contribution in [2.24, 2.45) is 0 Å². The zero-order valence-corrected chi connectivity index (χ0v) is 17.9. The first-order valence-electron chi connectivity index (χ1n) is 10.2. The minimum absolute atomic E-state index is 0.183. The number of rotatable bonds is 11. The molecule has 9 heteroatoms. The number of ether oxygens (including phenoxy) is 2. The first-order chi connectivity index (χ1) is 14.5. The Bertz CT molecular complexity index is 1010. The van der Waals surface area contributed by atoms with E-state index >= 15 is 0 Å². The third kappa shape index (κ3) is 5.50. The summed E-state index contributed by atoms with van der Waals surface area (Å²) in [5.41, 5.74) is 7.51. The van der Waals surface area contributed by atoms with Gasteiger partial charge in [0, 0.05) is 6.54 Å². The van der Waals surface area contributed by atoms with E-state index in [0.29, 0.717) is 30.9 Å². The molecule has 30 heavy (non-hydrogen) atoms. The van der Waals surface area contributed by atoms with E-state index in [9.17, 15) is 4.79 Å². The molecule has 0 radical (unpaired) electrons. The molecule has 3 aromatic rings. The Labute approximate surface area is 175 Å². The molecule has 0 saturated carbocycles. The number of H-pyrrole nitrogens is 1. The van der Waals surface area contributed by atoms with E-state index < -0.39 is 0 Å². The van der Waals surface area contributed by atoms with Gasteiger partial charge in [-0.15, -0.1) is 0 Å². The molecule has 9 nitrogen and oxygen atoms in total. The number of hydrogen-bond acceptors (Lipinski definition) is 7. The fraction of sp³-hybridized carbons (Fsp3) is 0.476. The number of anilines is 1. The normalized spacial score (nSPS) is 11.3. The second-order valence-corrected chi connectivity index (χ2v) is 7.46. The number of aromatic amines is 1. The van der Waals surface area contributed by atoms with Crippen LogP contribution in [0.25, 0.3) is 11.2 Å². The van der Waals surface area contributed by atoms with Crippen LogP contribution in [-0.4, -0.2) is 58.3 Å². The molecule has 2 heterocycles. The third-order valence-electron chi connectivity index (χ3n) is 4.64. The van der Waals surface area contributed by atoms with E-state index in [1.54, 1.807) is 0 Å². The van der Waals surface area contributed by atoms with Crippen molar-refractivity contribution >= 4 is 17.0 Å². The zero-order chi connectivity index (χ0) is 21.5. The summed E-state index contributed by atoms with van der Waals surface area (Å²) in [7, 11) is 4.08. The maximum Gasteiger partial charge on any atom is 0.328 e. The topological polar surface area (TPSA) is 111 Å². The van der Waals surface area contributed by atoms with Gasteiger partial charge in [0.15, 0.2) is 11.5 Å². The van der Waals surface area contributed by atoms with Gasteiger partial charge in [0.1, 0.15) is 11.3 Å². The van der Waals surface area contributed by atoms with Gasteiger partial charge in [-0.05, 0) is 44.6 Å². The first kappa shape index (κ1) is 21.6. The molecule has 3 N–H and O–H groups in total. The highest BCUT2D eigenvalue weighted by Crippen LogP contribution is 2.19. The highest BCUT2D eigenvalue weighted by Gasteiger charge is 2.15. The van der Waals surface area contributed by atoms with Crippen molar-refractivity contribution in [1.82, 2.24) is 24.4 Å². The molecule has 0 saturated heterocycles. The van der Waals surface area contributed by atoms with Crippen LogP contribution in [-0.2, 0) is 6.54 Å². The van der Waals surface area contributed by atoms with E-state index in [-0.39, 0.29) is 17.5 Å². The highest BCUT2D eigenvalue weighted by molar-refractivity contribution is 5.81. The predicted molar refractivity (Wildman–Crippen MR) is 117 cm³/mol. The zero-order valence-electron chi connectivity index (χ0n) is 17.9. The van der Waals surface area contributed by atoms with Gasteiger partial charge in [-0.25, -0.2) is 4.79 Å². The lowest BCUT2D eigenvalue weighted by molar-refractivity contribution is 0.281. The largest absolute Gasteiger partial charge is 0.494 e. The molecule has 0 amide bonds. The van der Waals surface area contributed by atoms with Gasteiger partial charge in [0.05, 0.1) is 19.8 Å². The Morgan fingerprint density at radius 2 is 1.83 bits per heavy atom. The molecule has 0 aliphatic heterocycles. The Balaban J connectivity index is 1.73. The lowest BCUT2D eigenvalue weighted by Gasteiger charge is -2.11. The van der Waals surface area contributed by atoms with Gasteiger partial charge >= 0.3 is 11.7 Å². The van der Waals surface area contributed by atoms with Crippen molar-refractivity contribution in [2.45, 2.75) is 32.7 Å². The number of nitrogen functional groups attached to an aromatic ring is 1. The molecule has 0 atom stereocenters. The van der Waals surface area contributed by atoms with Gasteiger partial charge < -0.3 is 25.1 Å². The van der Waals surface area contributed by atoms with Gasteiger partial charge in [0.2, 0.25) is 0 Å². The SMILES string of the molecule is CCCCOc1nc(N)c2[nH]c(=O)n(Cc3ccc(OCCCN(C)C)cc3)c2n1. The van der Waals surface area contributed by atoms with Crippen molar-refractivity contribution in [2.75, 3.05) is 39.6 Å². The molecule has 0 unspecified atom stereocenters. The van der Waals surface area contributed by atoms with E-state index in [4.69, 9.17) is 15.2 Å². The van der Waals surface area contributed by atoms with Crippen LogP contribution >= 0.6 is 0 Å². The lowest BCUT2D eigenvalue weighted by Crippen LogP contribution is -2.18. The standard InChI is InChI=1S/C21H30N6O3/c1-4-5-12-30-20-24-18(22)17-19(25-20)27(21(28)23-17)14-15-7-9-16(10-8-15)29-13-6-11-26(2)3/h7-10H,4-6,11-14H2,1-3H3,(H,23,28)(H2,22,24,25). The monoisotopic (exact) mass is 414 g/mol. The lowest BCUT2D eigenvalue weighted by atomic mass is 10.2. The summed E-state index contributed by atoms with van der Waals surface area (Å²) in [6, 6.07) is 7.88. The van der Waals surface area contributed by atoms with Crippen LogP contribution in [0.15, 0.2) is 29.1 Å². The first-order valence-corrected chi connectivity index (χ1v) is 10.2. The molecule has 2 aromatic heterocycles. The van der Waals surface area contributed by atoms with Crippen LogP contribution in [0.2, 0.25) is 0 Å². The summed E-state index contributed by atoms with van der Waals surface area (Å²) in [4.78, 5) is 25.9. The Morgan fingerprint density at radius 1 is 1.10 bits per heavy atom. The second-order valence-electron chi connectivity index (χ2n) is 7.46. The average Bonchev–Trinajstić information content (AvgIpc) is 3.03. The van der Waals surface area contributed by atoms with Gasteiger partial charge in [-0.1, -0.05) is 25.5 Å². The van der Waals surface area contributed by atoms with Crippen molar-refractivity contribution in [3.8, 4) is 11.8 Å². The number of fused-ring (bicyclic) bond motifs is 1. The molecular weight excluding hydrogens is 384 g/mol. The number of aromatic nitrogens is 4. The second kappa shape index (κ2) is 10.1. The van der Waals surface area contributed by atoms with Crippen molar-refractivity contribution < 1.29 is 9.47 Å². The number of hydrogen-bond donors (Lipinski definition) is 2. The molecule has 0 aliphatic rings. The Morgan fingerprint density at radius 3 is 2.53 bits per heavy atom. The predicted octanol–water partition coefficient (Wildman–Crippen LogP) is 2.26. The number of benzene rings is 1. The van der Waals surface area contributed by atoms with E-state index in [0.717, 1.165) is 37.1 Å². The van der Waals surface area contributed by atoms with E-state index in [2.05, 4.69) is 26.8 Å². The van der Waals surface area contributed by atoms with E-state index in [1.807, 2.05) is 38.4 Å². The van der Waals surface area contributed by atoms with Crippen molar-refractivity contribution in [1.29, 1.82) is 0 Å². The molecule has 162 valence electrons. The number of nitrogens with one attached hydrogen (secondary N) is 1. The minimum Gasteiger partial charge on any atom is -0.494 e. The summed E-state index contributed by atoms with van der Waals surface area (Å²) < 4.78 is 12.9. The summed E-state index contributed by atoms with van der Waals surface area (Å²) in [5, 5.41) is 0. The van der Waals surface area contributed by atoms with Crippen LogP contribution in [0.3, 0.4) is 0 Å². The number of nitrogens with zero attached hydrogens (tertiary/aromatic N) is 4. The van der Waals surface area contributed by atoms with E-state index in [1.165, 1.54) is 4.57 Å². The molecular formula is C21H30N6O3. The van der Waals surface area contributed by atoms with Crippen LogP contribution in [0, 0.1) is 0 Å². The van der Waals surface area contributed by atoms with Crippen LogP contribution in [0.1, 0.15) is 31.7 Å². The highest BCUT2D eigenvalue weighted by atomic mass is 16.5. The number of nitrogens with two attached hydrogens (primary N) is 1. The molecule has 1 aromatic carbocycles. The van der Waals surface area contributed by atoms with Crippen LogP contribution in [0.4, 0.5) is 5.82 Å². The summed E-state index contributed by atoms with van der Waals surface area (Å²) in [6.07, 6.45) is 2.86. The maximum absolute atomic E-state index is 12.5. The maximum atomic E-state index is 12.5. The Kier molecular flexibility index (Phi) is 7.29. The molecule has 0 fully saturated rings. The smallest absolute Gasteiger partial charge is 0.328 e. The minimum atomic E-state index is -0.291. The summed E-state index contributed by atoms with van der Waals surface area (Å²) >= 11 is 0. The fourth-order valence-electron chi connectivity index (χ4n) is 2.99. The molecule has 3 rings (SSSR count). The number of unbranched alkanes of at least 4 members (excludes halogenated alkanes) is 1. The average molecular weight is 415 g/mol. The quantitative estimate of drug-likeness (QED) is 0.463. The number of imidazole rings is 1. The molecule has 0 spiro atoms. The van der Waals surface area contributed by atoms with Gasteiger partial charge in [0.25, 0.3) is 0 Å². The van der Waals surface area contributed by atoms with Crippen LogP contribution < -0.4 is 20.9 Å². The Hall–Kier alpha value is -3.07. The molecule has 0 aliphatic carbocycles.